The Labute approximate surface area is 176 Å². The van der Waals surface area contributed by atoms with Crippen LogP contribution < -0.4 is 15.5 Å². The Hall–Kier alpha value is -2.86. The van der Waals surface area contributed by atoms with Crippen LogP contribution in [0.15, 0.2) is 47.6 Å². The minimum atomic E-state index is -0.332. The second-order valence-corrected chi connectivity index (χ2v) is 8.12. The van der Waals surface area contributed by atoms with Crippen molar-refractivity contribution in [2.45, 2.75) is 39.5 Å². The predicted octanol–water partition coefficient (Wildman–Crippen LogP) is 4.78. The molecule has 2 aromatic carbocycles. The van der Waals surface area contributed by atoms with Crippen LogP contribution in [0.5, 0.6) is 5.75 Å². The van der Waals surface area contributed by atoms with Gasteiger partial charge in [0.1, 0.15) is 5.75 Å². The van der Waals surface area contributed by atoms with Gasteiger partial charge in [0.05, 0.1) is 19.2 Å². The fourth-order valence-corrected chi connectivity index (χ4v) is 2.75. The highest BCUT2D eigenvalue weighted by Crippen LogP contribution is 2.27. The van der Waals surface area contributed by atoms with Crippen molar-refractivity contribution in [1.29, 1.82) is 0 Å². The van der Waals surface area contributed by atoms with Crippen LogP contribution in [0.3, 0.4) is 0 Å². The molecule has 7 heteroatoms. The quantitative estimate of drug-likeness (QED) is 0.526. The van der Waals surface area contributed by atoms with Gasteiger partial charge in [-0.15, -0.1) is 0 Å². The minimum absolute atomic E-state index is 0.0128. The van der Waals surface area contributed by atoms with Gasteiger partial charge in [-0.3, -0.25) is 9.59 Å². The summed E-state index contributed by atoms with van der Waals surface area (Å²) in [6, 6.07) is 12.3. The van der Waals surface area contributed by atoms with Gasteiger partial charge >= 0.3 is 0 Å². The molecular weight excluding hydrogens is 390 g/mol. The third-order valence-electron chi connectivity index (χ3n) is 4.21. The van der Waals surface area contributed by atoms with Crippen LogP contribution in [0.25, 0.3) is 0 Å². The van der Waals surface area contributed by atoms with Gasteiger partial charge < -0.3 is 10.1 Å². The van der Waals surface area contributed by atoms with E-state index in [2.05, 4.69) is 36.6 Å². The van der Waals surface area contributed by atoms with Gasteiger partial charge in [0.15, 0.2) is 0 Å². The molecule has 2 rings (SSSR count). The van der Waals surface area contributed by atoms with Gasteiger partial charge in [0, 0.05) is 16.3 Å². The van der Waals surface area contributed by atoms with Gasteiger partial charge in [0.2, 0.25) is 5.91 Å². The Bertz CT molecular complexity index is 916. The molecule has 0 saturated carbocycles. The van der Waals surface area contributed by atoms with Crippen molar-refractivity contribution in [1.82, 2.24) is 5.43 Å². The first kappa shape index (κ1) is 22.4. The summed E-state index contributed by atoms with van der Waals surface area (Å²) in [7, 11) is 1.51. The monoisotopic (exact) mass is 415 g/mol. The number of anilines is 1. The van der Waals surface area contributed by atoms with Gasteiger partial charge in [-0.2, -0.15) is 5.10 Å². The van der Waals surface area contributed by atoms with E-state index in [1.165, 1.54) is 7.11 Å². The lowest BCUT2D eigenvalue weighted by Crippen LogP contribution is -2.22. The number of carbonyl (C=O) groups excluding carboxylic acids is 2. The van der Waals surface area contributed by atoms with E-state index in [0.717, 1.165) is 5.56 Å². The lowest BCUT2D eigenvalue weighted by atomic mass is 9.87. The third kappa shape index (κ3) is 6.61. The van der Waals surface area contributed by atoms with Crippen LogP contribution in [0.1, 0.15) is 50.0 Å². The van der Waals surface area contributed by atoms with E-state index in [0.29, 0.717) is 27.7 Å². The second kappa shape index (κ2) is 9.56. The first-order valence-electron chi connectivity index (χ1n) is 9.17. The number of methoxy groups -OCH3 is 1. The summed E-state index contributed by atoms with van der Waals surface area (Å²) in [6.45, 7) is 8.00. The van der Waals surface area contributed by atoms with Crippen LogP contribution in [0, 0.1) is 0 Å². The van der Waals surface area contributed by atoms with Gasteiger partial charge in [-0.25, -0.2) is 5.43 Å². The number of benzene rings is 2. The molecule has 0 spiro atoms. The molecular formula is C22H26ClN3O3. The van der Waals surface area contributed by atoms with Crippen LogP contribution in [0.2, 0.25) is 5.02 Å². The van der Waals surface area contributed by atoms with E-state index in [4.69, 9.17) is 16.3 Å². The number of nitrogens with one attached hydrogen (secondary N) is 2. The zero-order valence-electron chi connectivity index (χ0n) is 17.3. The zero-order chi connectivity index (χ0) is 21.6. The fourth-order valence-electron chi connectivity index (χ4n) is 2.58. The smallest absolute Gasteiger partial charge is 0.271 e. The molecule has 2 N–H and O–H groups in total. The molecule has 0 aromatic heterocycles. The Morgan fingerprint density at radius 1 is 1.10 bits per heavy atom. The van der Waals surface area contributed by atoms with Crippen LogP contribution >= 0.6 is 11.6 Å². The van der Waals surface area contributed by atoms with E-state index >= 15 is 0 Å². The molecule has 0 bridgehead atoms. The van der Waals surface area contributed by atoms with Gasteiger partial charge in [-0.05, 0) is 48.2 Å². The normalized spacial score (nSPS) is 11.7. The largest absolute Gasteiger partial charge is 0.495 e. The van der Waals surface area contributed by atoms with E-state index in [-0.39, 0.29) is 23.7 Å². The molecule has 0 fully saturated rings. The summed E-state index contributed by atoms with van der Waals surface area (Å²) in [5, 5.41) is 7.23. The standard InChI is InChI=1S/C22H26ClN3O3/c1-14(12-20(27)24-18-13-17(23)10-11-19(18)29-5)25-26-21(28)15-6-8-16(9-7-15)22(2,3)4/h6-11,13H,12H2,1-5H3,(H,24,27)(H,26,28)/b25-14-. The van der Waals surface area contributed by atoms with Crippen molar-refractivity contribution >= 4 is 34.8 Å². The number of hydrazone groups is 1. The number of rotatable bonds is 6. The van der Waals surface area contributed by atoms with Crippen LogP contribution in [-0.4, -0.2) is 24.6 Å². The molecule has 0 aliphatic rings. The van der Waals surface area contributed by atoms with Crippen molar-refractivity contribution in [3.05, 3.63) is 58.6 Å². The summed E-state index contributed by atoms with van der Waals surface area (Å²) in [4.78, 5) is 24.5. The molecule has 6 nitrogen and oxygen atoms in total. The van der Waals surface area contributed by atoms with Crippen molar-refractivity contribution in [3.63, 3.8) is 0 Å². The highest BCUT2D eigenvalue weighted by atomic mass is 35.5. The Kier molecular flexibility index (Phi) is 7.40. The number of halogens is 1. The number of nitrogens with zero attached hydrogens (tertiary/aromatic N) is 1. The molecule has 0 aliphatic heterocycles. The number of hydrogen-bond acceptors (Lipinski definition) is 4. The summed E-state index contributed by atoms with van der Waals surface area (Å²) in [6.07, 6.45) is 0.0128. The highest BCUT2D eigenvalue weighted by molar-refractivity contribution is 6.31. The van der Waals surface area contributed by atoms with E-state index in [1.54, 1.807) is 37.3 Å². The number of carbonyl (C=O) groups is 2. The topological polar surface area (TPSA) is 79.8 Å². The summed E-state index contributed by atoms with van der Waals surface area (Å²) in [5.41, 5.74) is 5.07. The zero-order valence-corrected chi connectivity index (χ0v) is 18.1. The Morgan fingerprint density at radius 3 is 2.34 bits per heavy atom. The molecule has 29 heavy (non-hydrogen) atoms. The maximum absolute atomic E-state index is 12.3. The number of amides is 2. The van der Waals surface area contributed by atoms with Gasteiger partial charge in [-0.1, -0.05) is 44.5 Å². The predicted molar refractivity (Wildman–Crippen MR) is 117 cm³/mol. The minimum Gasteiger partial charge on any atom is -0.495 e. The fraction of sp³-hybridized carbons (Fsp3) is 0.318. The summed E-state index contributed by atoms with van der Waals surface area (Å²) < 4.78 is 5.20. The molecule has 0 heterocycles. The maximum Gasteiger partial charge on any atom is 0.271 e. The lowest BCUT2D eigenvalue weighted by molar-refractivity contribution is -0.115. The first-order chi connectivity index (χ1) is 13.6. The summed E-state index contributed by atoms with van der Waals surface area (Å²) >= 11 is 5.96. The average Bonchev–Trinajstić information content (AvgIpc) is 2.65. The Morgan fingerprint density at radius 2 is 1.76 bits per heavy atom. The van der Waals surface area contributed by atoms with E-state index < -0.39 is 0 Å². The average molecular weight is 416 g/mol. The lowest BCUT2D eigenvalue weighted by Gasteiger charge is -2.18. The van der Waals surface area contributed by atoms with Crippen molar-refractivity contribution < 1.29 is 14.3 Å². The van der Waals surface area contributed by atoms with Crippen LogP contribution in [0.4, 0.5) is 5.69 Å². The van der Waals surface area contributed by atoms with Crippen LogP contribution in [-0.2, 0) is 10.2 Å². The molecule has 2 aromatic rings. The number of hydrogen-bond donors (Lipinski definition) is 2. The molecule has 0 atom stereocenters. The number of ether oxygens (including phenoxy) is 1. The first-order valence-corrected chi connectivity index (χ1v) is 9.55. The van der Waals surface area contributed by atoms with Crippen molar-refractivity contribution in [3.8, 4) is 5.75 Å². The molecule has 2 amide bonds. The summed E-state index contributed by atoms with van der Waals surface area (Å²) in [5.74, 6) is -0.123. The third-order valence-corrected chi connectivity index (χ3v) is 4.45. The van der Waals surface area contributed by atoms with Gasteiger partial charge in [0.25, 0.3) is 5.91 Å². The SMILES string of the molecule is COc1ccc(Cl)cc1NC(=O)C/C(C)=N\NC(=O)c1ccc(C(C)(C)C)cc1. The molecule has 0 saturated heterocycles. The van der Waals surface area contributed by atoms with Crippen molar-refractivity contribution in [2.24, 2.45) is 5.10 Å². The Balaban J connectivity index is 1.95. The van der Waals surface area contributed by atoms with Crippen molar-refractivity contribution in [2.75, 3.05) is 12.4 Å². The molecule has 0 radical (unpaired) electrons. The molecule has 0 unspecified atom stereocenters. The molecule has 0 aliphatic carbocycles. The van der Waals surface area contributed by atoms with E-state index in [1.807, 2.05) is 12.1 Å². The molecule has 154 valence electrons. The maximum atomic E-state index is 12.3. The highest BCUT2D eigenvalue weighted by Gasteiger charge is 2.14. The second-order valence-electron chi connectivity index (χ2n) is 7.68. The van der Waals surface area contributed by atoms with E-state index in [9.17, 15) is 9.59 Å².